The van der Waals surface area contributed by atoms with Gasteiger partial charge in [-0.25, -0.2) is 4.98 Å². The first-order valence-electron chi connectivity index (χ1n) is 11.3. The van der Waals surface area contributed by atoms with Crippen LogP contribution in [0.25, 0.3) is 34.1 Å². The zero-order valence-corrected chi connectivity index (χ0v) is 19.8. The largest absolute Gasteiger partial charge is 0.315 e. The van der Waals surface area contributed by atoms with Gasteiger partial charge in [0, 0.05) is 21.2 Å². The molecule has 0 radical (unpaired) electrons. The van der Waals surface area contributed by atoms with E-state index in [9.17, 15) is 4.79 Å². The van der Waals surface area contributed by atoms with Crippen LogP contribution >= 0.6 is 23.2 Å². The van der Waals surface area contributed by atoms with Gasteiger partial charge in [0.25, 0.3) is 5.56 Å². The third kappa shape index (κ3) is 3.00. The normalized spacial score (nSPS) is 15.7. The number of aromatic nitrogens is 2. The van der Waals surface area contributed by atoms with Crippen molar-refractivity contribution in [3.8, 4) is 11.4 Å². The van der Waals surface area contributed by atoms with Crippen molar-refractivity contribution < 1.29 is 0 Å². The Labute approximate surface area is 211 Å². The molecule has 4 nitrogen and oxygen atoms in total. The standard InChI is InChI=1S/C29H17Cl2N3O/c30-19-11-10-18-14-26(17-6-2-1-3-7-17)33-25-13-12-20(31)16-23(25)27-32-24-9-5-4-8-21(24)29(35)34(27)28(33)22(18)15-19/h1-16,28H/t28-/m0/s1. The lowest BCUT2D eigenvalue weighted by atomic mass is 9.91. The third-order valence-electron chi connectivity index (χ3n) is 6.70. The lowest BCUT2D eigenvalue weighted by Crippen LogP contribution is -2.43. The van der Waals surface area contributed by atoms with E-state index in [1.54, 1.807) is 4.57 Å². The summed E-state index contributed by atoms with van der Waals surface area (Å²) in [5, 5.41) is 1.77. The van der Waals surface area contributed by atoms with Gasteiger partial charge in [0.2, 0.25) is 0 Å². The highest BCUT2D eigenvalue weighted by molar-refractivity contribution is 6.31. The van der Waals surface area contributed by atoms with Crippen molar-refractivity contribution in [3.63, 3.8) is 0 Å². The third-order valence-corrected chi connectivity index (χ3v) is 7.17. The predicted octanol–water partition coefficient (Wildman–Crippen LogP) is 7.25. The molecule has 4 aromatic carbocycles. The van der Waals surface area contributed by atoms with Crippen molar-refractivity contribution in [1.82, 2.24) is 9.55 Å². The highest BCUT2D eigenvalue weighted by Crippen LogP contribution is 2.50. The fraction of sp³-hybridized carbons (Fsp3) is 0.0345. The van der Waals surface area contributed by atoms with E-state index in [1.807, 2.05) is 78.9 Å². The average Bonchev–Trinajstić information content (AvgIpc) is 2.88. The van der Waals surface area contributed by atoms with E-state index in [0.29, 0.717) is 26.8 Å². The molecule has 7 rings (SSSR count). The van der Waals surface area contributed by atoms with Crippen LogP contribution in [0.2, 0.25) is 10.0 Å². The van der Waals surface area contributed by atoms with E-state index in [1.165, 1.54) is 0 Å². The molecule has 5 aromatic rings. The second-order valence-corrected chi connectivity index (χ2v) is 9.57. The monoisotopic (exact) mass is 493 g/mol. The minimum Gasteiger partial charge on any atom is -0.315 e. The summed E-state index contributed by atoms with van der Waals surface area (Å²) in [6.45, 7) is 0. The van der Waals surface area contributed by atoms with Crippen LogP contribution < -0.4 is 10.5 Å². The number of halogens is 2. The number of hydrogen-bond donors (Lipinski definition) is 0. The second-order valence-electron chi connectivity index (χ2n) is 8.70. The zero-order chi connectivity index (χ0) is 23.7. The molecule has 2 aliphatic heterocycles. The molecule has 0 bridgehead atoms. The van der Waals surface area contributed by atoms with Gasteiger partial charge in [0.15, 0.2) is 0 Å². The minimum atomic E-state index is -0.461. The molecule has 0 unspecified atom stereocenters. The van der Waals surface area contributed by atoms with Crippen LogP contribution in [0.3, 0.4) is 0 Å². The maximum atomic E-state index is 14.1. The van der Waals surface area contributed by atoms with Crippen molar-refractivity contribution in [1.29, 1.82) is 0 Å². The molecular formula is C29H17Cl2N3O. The molecule has 0 N–H and O–H groups in total. The average molecular weight is 494 g/mol. The Kier molecular flexibility index (Phi) is 4.44. The number of anilines is 1. The topological polar surface area (TPSA) is 38.1 Å². The molecule has 3 heterocycles. The van der Waals surface area contributed by atoms with Gasteiger partial charge in [-0.1, -0.05) is 71.7 Å². The van der Waals surface area contributed by atoms with Crippen LogP contribution in [0.1, 0.15) is 22.9 Å². The molecular weight excluding hydrogens is 477 g/mol. The fourth-order valence-electron chi connectivity index (χ4n) is 5.20. The molecule has 0 aliphatic carbocycles. The van der Waals surface area contributed by atoms with Crippen LogP contribution in [0.15, 0.2) is 95.8 Å². The maximum Gasteiger partial charge on any atom is 0.263 e. The summed E-state index contributed by atoms with van der Waals surface area (Å²) in [5.41, 5.74) is 6.28. The van der Waals surface area contributed by atoms with Crippen molar-refractivity contribution in [2.45, 2.75) is 6.17 Å². The van der Waals surface area contributed by atoms with Crippen molar-refractivity contribution in [2.24, 2.45) is 0 Å². The zero-order valence-electron chi connectivity index (χ0n) is 18.3. The summed E-state index contributed by atoms with van der Waals surface area (Å²) in [7, 11) is 0. The van der Waals surface area contributed by atoms with Crippen LogP contribution in [-0.2, 0) is 0 Å². The maximum absolute atomic E-state index is 14.1. The molecule has 35 heavy (non-hydrogen) atoms. The summed E-state index contributed by atoms with van der Waals surface area (Å²) in [6, 6.07) is 29.2. The fourth-order valence-corrected chi connectivity index (χ4v) is 5.55. The Bertz CT molecular complexity index is 1760. The highest BCUT2D eigenvalue weighted by atomic mass is 35.5. The number of para-hydroxylation sites is 1. The molecule has 1 aromatic heterocycles. The smallest absolute Gasteiger partial charge is 0.263 e. The first-order valence-corrected chi connectivity index (χ1v) is 12.0. The second kappa shape index (κ2) is 7.57. The number of nitrogens with zero attached hydrogens (tertiary/aromatic N) is 3. The van der Waals surface area contributed by atoms with Crippen LogP contribution in [0.4, 0.5) is 5.69 Å². The van der Waals surface area contributed by atoms with E-state index in [0.717, 1.165) is 33.6 Å². The summed E-state index contributed by atoms with van der Waals surface area (Å²) in [5.74, 6) is 0.590. The summed E-state index contributed by atoms with van der Waals surface area (Å²) < 4.78 is 1.78. The van der Waals surface area contributed by atoms with Gasteiger partial charge >= 0.3 is 0 Å². The lowest BCUT2D eigenvalue weighted by Gasteiger charge is -2.45. The van der Waals surface area contributed by atoms with Crippen LogP contribution in [0, 0.1) is 0 Å². The van der Waals surface area contributed by atoms with Gasteiger partial charge in [-0.2, -0.15) is 0 Å². The van der Waals surface area contributed by atoms with Gasteiger partial charge < -0.3 is 4.90 Å². The van der Waals surface area contributed by atoms with Crippen molar-refractivity contribution in [2.75, 3.05) is 4.90 Å². The van der Waals surface area contributed by atoms with Crippen molar-refractivity contribution >= 4 is 51.6 Å². The van der Waals surface area contributed by atoms with E-state index in [2.05, 4.69) is 23.1 Å². The number of rotatable bonds is 1. The molecule has 0 saturated heterocycles. The summed E-state index contributed by atoms with van der Waals surface area (Å²) in [6.07, 6.45) is 1.69. The quantitative estimate of drug-likeness (QED) is 0.246. The molecule has 0 fully saturated rings. The Morgan fingerprint density at radius 2 is 1.54 bits per heavy atom. The van der Waals surface area contributed by atoms with Gasteiger partial charge in [0.05, 0.1) is 22.3 Å². The molecule has 0 saturated carbocycles. The summed E-state index contributed by atoms with van der Waals surface area (Å²) >= 11 is 13.0. The first kappa shape index (κ1) is 20.5. The number of fused-ring (bicyclic) bond motifs is 9. The van der Waals surface area contributed by atoms with Crippen LogP contribution in [0.5, 0.6) is 0 Å². The van der Waals surface area contributed by atoms with Gasteiger partial charge in [0.1, 0.15) is 12.0 Å². The number of hydrogen-bond acceptors (Lipinski definition) is 3. The Morgan fingerprint density at radius 1 is 0.800 bits per heavy atom. The Hall–Kier alpha value is -3.86. The predicted molar refractivity (Wildman–Crippen MR) is 143 cm³/mol. The van der Waals surface area contributed by atoms with E-state index >= 15 is 0 Å². The SMILES string of the molecule is O=c1c2ccccc2nc2n1[C@H]1c3cc(Cl)ccc3C=C(c3ccccc3)N1c1ccc(Cl)cc1-2. The van der Waals surface area contributed by atoms with E-state index < -0.39 is 6.17 Å². The van der Waals surface area contributed by atoms with Gasteiger partial charge in [-0.05, 0) is 59.7 Å². The lowest BCUT2D eigenvalue weighted by molar-refractivity contribution is 0.562. The van der Waals surface area contributed by atoms with E-state index in [4.69, 9.17) is 28.2 Å². The molecule has 168 valence electrons. The summed E-state index contributed by atoms with van der Waals surface area (Å²) in [4.78, 5) is 21.2. The number of benzene rings is 4. The minimum absolute atomic E-state index is 0.105. The first-order chi connectivity index (χ1) is 17.1. The van der Waals surface area contributed by atoms with Gasteiger partial charge in [-0.15, -0.1) is 0 Å². The van der Waals surface area contributed by atoms with Crippen LogP contribution in [-0.4, -0.2) is 9.55 Å². The molecule has 0 spiro atoms. The molecule has 6 heteroatoms. The Balaban J connectivity index is 1.65. The Morgan fingerprint density at radius 3 is 2.40 bits per heavy atom. The molecule has 1 atom stereocenters. The molecule has 2 aliphatic rings. The van der Waals surface area contributed by atoms with Crippen molar-refractivity contribution in [3.05, 3.63) is 128 Å². The molecule has 0 amide bonds. The van der Waals surface area contributed by atoms with E-state index in [-0.39, 0.29) is 5.56 Å². The highest BCUT2D eigenvalue weighted by Gasteiger charge is 2.39. The van der Waals surface area contributed by atoms with Gasteiger partial charge in [-0.3, -0.25) is 9.36 Å².